The van der Waals surface area contributed by atoms with Gasteiger partial charge in [-0.15, -0.1) is 0 Å². The van der Waals surface area contributed by atoms with Crippen LogP contribution in [0.25, 0.3) is 0 Å². The number of esters is 3. The van der Waals surface area contributed by atoms with Crippen LogP contribution < -0.4 is 0 Å². The molecule has 0 heterocycles. The number of hydrogen-bond acceptors (Lipinski definition) is 6. The highest BCUT2D eigenvalue weighted by molar-refractivity contribution is 5.71. The quantitative estimate of drug-likeness (QED) is 0.0343. The molecule has 0 aromatic heterocycles. The maximum absolute atomic E-state index is 12.9. The van der Waals surface area contributed by atoms with Gasteiger partial charge in [0.15, 0.2) is 6.10 Å². The molecule has 0 aromatic carbocycles. The Kier molecular flexibility index (Phi) is 54.4. The molecule has 69 heavy (non-hydrogen) atoms. The Morgan fingerprint density at radius 3 is 0.710 bits per heavy atom. The van der Waals surface area contributed by atoms with Gasteiger partial charge < -0.3 is 14.2 Å². The summed E-state index contributed by atoms with van der Waals surface area (Å²) in [7, 11) is 0. The highest BCUT2D eigenvalue weighted by Gasteiger charge is 2.19. The number of hydrogen-bond donors (Lipinski definition) is 0. The summed E-state index contributed by atoms with van der Waals surface area (Å²) >= 11 is 0. The van der Waals surface area contributed by atoms with E-state index < -0.39 is 6.10 Å². The van der Waals surface area contributed by atoms with E-state index >= 15 is 0 Å². The van der Waals surface area contributed by atoms with Crippen molar-refractivity contribution in [3.8, 4) is 0 Å². The van der Waals surface area contributed by atoms with Crippen molar-refractivity contribution in [3.63, 3.8) is 0 Å². The van der Waals surface area contributed by atoms with Crippen LogP contribution in [-0.2, 0) is 28.6 Å². The van der Waals surface area contributed by atoms with Gasteiger partial charge in [-0.1, -0.05) is 317 Å². The van der Waals surface area contributed by atoms with Crippen LogP contribution in [0.5, 0.6) is 0 Å². The number of carbonyl (C=O) groups excluding carboxylic acids is 3. The van der Waals surface area contributed by atoms with Crippen molar-refractivity contribution in [1.82, 2.24) is 0 Å². The Morgan fingerprint density at radius 2 is 0.478 bits per heavy atom. The molecule has 0 fully saturated rings. The van der Waals surface area contributed by atoms with Crippen molar-refractivity contribution in [2.75, 3.05) is 13.2 Å². The average molecular weight is 976 g/mol. The third-order valence-electron chi connectivity index (χ3n) is 14.5. The number of ether oxygens (including phenoxy) is 3. The van der Waals surface area contributed by atoms with Crippen LogP contribution in [0.4, 0.5) is 0 Å². The lowest BCUT2D eigenvalue weighted by Crippen LogP contribution is -2.30. The van der Waals surface area contributed by atoms with Gasteiger partial charge >= 0.3 is 17.9 Å². The van der Waals surface area contributed by atoms with Crippen LogP contribution in [0.15, 0.2) is 0 Å². The van der Waals surface area contributed by atoms with Crippen molar-refractivity contribution in [1.29, 1.82) is 0 Å². The van der Waals surface area contributed by atoms with Gasteiger partial charge in [0.05, 0.1) is 0 Å². The monoisotopic (exact) mass is 975 g/mol. The highest BCUT2D eigenvalue weighted by atomic mass is 16.6. The molecule has 0 unspecified atom stereocenters. The maximum atomic E-state index is 12.9. The second-order valence-electron chi connectivity index (χ2n) is 22.6. The topological polar surface area (TPSA) is 78.9 Å². The van der Waals surface area contributed by atoms with Gasteiger partial charge in [-0.25, -0.2) is 0 Å². The van der Waals surface area contributed by atoms with Crippen LogP contribution in [0.2, 0.25) is 0 Å². The summed E-state index contributed by atoms with van der Waals surface area (Å²) < 4.78 is 16.9. The first-order chi connectivity index (χ1) is 33.7. The van der Waals surface area contributed by atoms with Gasteiger partial charge in [0, 0.05) is 19.3 Å². The Balaban J connectivity index is 4.24. The largest absolute Gasteiger partial charge is 0.462 e. The summed E-state index contributed by atoms with van der Waals surface area (Å²) in [4.78, 5) is 38.2. The van der Waals surface area contributed by atoms with Crippen molar-refractivity contribution >= 4 is 17.9 Å². The van der Waals surface area contributed by atoms with E-state index in [2.05, 4.69) is 34.6 Å². The van der Waals surface area contributed by atoms with Gasteiger partial charge in [-0.2, -0.15) is 0 Å². The number of unbranched alkanes of at least 4 members (excludes halogenated alkanes) is 42. The molecule has 0 saturated heterocycles. The lowest BCUT2D eigenvalue weighted by molar-refractivity contribution is -0.167. The van der Waals surface area contributed by atoms with Gasteiger partial charge in [-0.3, -0.25) is 14.4 Å². The van der Waals surface area contributed by atoms with Crippen LogP contribution >= 0.6 is 0 Å². The van der Waals surface area contributed by atoms with Crippen molar-refractivity contribution < 1.29 is 28.6 Å². The van der Waals surface area contributed by atoms with Crippen molar-refractivity contribution in [2.24, 2.45) is 11.8 Å². The van der Waals surface area contributed by atoms with Crippen molar-refractivity contribution in [2.45, 2.75) is 362 Å². The molecule has 0 radical (unpaired) electrons. The number of carbonyl (C=O) groups is 3. The predicted octanol–water partition coefficient (Wildman–Crippen LogP) is 20.8. The second-order valence-corrected chi connectivity index (χ2v) is 22.6. The first-order valence-corrected chi connectivity index (χ1v) is 31.2. The highest BCUT2D eigenvalue weighted by Crippen LogP contribution is 2.19. The molecule has 1 atom stereocenters. The van der Waals surface area contributed by atoms with Crippen LogP contribution in [0.1, 0.15) is 356 Å². The molecule has 0 rings (SSSR count). The lowest BCUT2D eigenvalue weighted by Gasteiger charge is -2.18. The molecular weight excluding hydrogens is 853 g/mol. The van der Waals surface area contributed by atoms with Gasteiger partial charge in [0.1, 0.15) is 13.2 Å². The molecule has 0 aliphatic heterocycles. The van der Waals surface area contributed by atoms with Gasteiger partial charge in [0.25, 0.3) is 0 Å². The third kappa shape index (κ3) is 57.2. The lowest BCUT2D eigenvalue weighted by atomic mass is 10.0. The van der Waals surface area contributed by atoms with E-state index in [1.54, 1.807) is 0 Å². The molecule has 0 amide bonds. The molecule has 0 aliphatic rings. The zero-order valence-electron chi connectivity index (χ0n) is 47.5. The average Bonchev–Trinajstić information content (AvgIpc) is 3.32. The molecule has 410 valence electrons. The second kappa shape index (κ2) is 55.7. The molecule has 0 N–H and O–H groups in total. The first-order valence-electron chi connectivity index (χ1n) is 31.2. The third-order valence-corrected chi connectivity index (χ3v) is 14.5. The molecule has 0 aliphatic carbocycles. The fourth-order valence-electron chi connectivity index (χ4n) is 9.76. The molecular formula is C63H122O6. The molecule has 6 nitrogen and oxygen atoms in total. The van der Waals surface area contributed by atoms with E-state index in [1.165, 1.54) is 244 Å². The first kappa shape index (κ1) is 67.4. The smallest absolute Gasteiger partial charge is 0.306 e. The van der Waals surface area contributed by atoms with Crippen LogP contribution in [-0.4, -0.2) is 37.2 Å². The van der Waals surface area contributed by atoms with E-state index in [-0.39, 0.29) is 31.1 Å². The summed E-state index contributed by atoms with van der Waals surface area (Å²) in [5, 5.41) is 0. The number of rotatable bonds is 57. The fourth-order valence-corrected chi connectivity index (χ4v) is 9.76. The minimum atomic E-state index is -0.763. The minimum absolute atomic E-state index is 0.0619. The van der Waals surface area contributed by atoms with E-state index in [0.29, 0.717) is 19.3 Å². The Bertz CT molecular complexity index is 1060. The zero-order valence-corrected chi connectivity index (χ0v) is 47.5. The molecule has 0 spiro atoms. The summed E-state index contributed by atoms with van der Waals surface area (Å²) in [6.45, 7) is 11.5. The summed E-state index contributed by atoms with van der Waals surface area (Å²) in [6.07, 6.45) is 61.0. The van der Waals surface area contributed by atoms with E-state index in [0.717, 1.165) is 69.6 Å². The summed E-state index contributed by atoms with van der Waals surface area (Å²) in [5.41, 5.74) is 0. The van der Waals surface area contributed by atoms with E-state index in [4.69, 9.17) is 14.2 Å². The van der Waals surface area contributed by atoms with Crippen molar-refractivity contribution in [3.05, 3.63) is 0 Å². The summed E-state index contributed by atoms with van der Waals surface area (Å²) in [6, 6.07) is 0. The van der Waals surface area contributed by atoms with E-state index in [1.807, 2.05) is 0 Å². The van der Waals surface area contributed by atoms with Gasteiger partial charge in [-0.05, 0) is 31.1 Å². The molecule has 0 bridgehead atoms. The molecule has 0 aromatic rings. The minimum Gasteiger partial charge on any atom is -0.462 e. The molecule has 6 heteroatoms. The maximum Gasteiger partial charge on any atom is 0.306 e. The normalized spacial score (nSPS) is 12.0. The Morgan fingerprint density at radius 1 is 0.275 bits per heavy atom. The Labute approximate surface area is 431 Å². The van der Waals surface area contributed by atoms with Crippen LogP contribution in [0.3, 0.4) is 0 Å². The Hall–Kier alpha value is -1.59. The van der Waals surface area contributed by atoms with Gasteiger partial charge in [0.2, 0.25) is 0 Å². The standard InChI is InChI=1S/C63H122O6/c1-6-7-8-9-10-11-12-21-30-35-40-45-50-55-63(66)69-60(57-68-62(65)54-49-44-39-34-29-25-20-19-23-27-32-37-42-47-52-59(4)5)56-67-61(64)53-48-43-38-33-28-24-18-16-14-13-15-17-22-26-31-36-41-46-51-58(2)3/h58-60H,6-57H2,1-5H3/t60-/m1/s1. The molecule has 0 saturated carbocycles. The fraction of sp³-hybridized carbons (Fsp3) is 0.952. The van der Waals surface area contributed by atoms with E-state index in [9.17, 15) is 14.4 Å². The SMILES string of the molecule is CCCCCCCCCCCCCCCC(=O)O[C@H](COC(=O)CCCCCCCCCCCCCCCCCCCCC(C)C)COC(=O)CCCCCCCCCCCCCCCCC(C)C. The summed E-state index contributed by atoms with van der Waals surface area (Å²) in [5.74, 6) is 0.871. The van der Waals surface area contributed by atoms with Crippen LogP contribution in [0, 0.1) is 11.8 Å². The zero-order chi connectivity index (χ0) is 50.4. The predicted molar refractivity (Wildman–Crippen MR) is 298 cm³/mol.